The summed E-state index contributed by atoms with van der Waals surface area (Å²) in [5.41, 5.74) is 1.07. The average molecular weight is 297 g/mol. The van der Waals surface area contributed by atoms with Crippen LogP contribution < -0.4 is 9.47 Å². The molecule has 5 heteroatoms. The lowest BCUT2D eigenvalue weighted by atomic mass is 10.2. The number of rotatable bonds is 5. The lowest BCUT2D eigenvalue weighted by Gasteiger charge is -2.11. The fourth-order valence-corrected chi connectivity index (χ4v) is 2.00. The summed E-state index contributed by atoms with van der Waals surface area (Å²) in [6.45, 7) is -0.0499. The molecule has 0 heterocycles. The number of aliphatic hydroxyl groups excluding tert-OH is 1. The van der Waals surface area contributed by atoms with Crippen LogP contribution in [-0.2, 0) is 13.2 Å². The minimum absolute atomic E-state index is 0.0429. The quantitative estimate of drug-likeness (QED) is 0.917. The molecule has 0 fully saturated rings. The standard InChI is InChI=1S/C15H14ClFO3/c1-19-14-4-2-3-11(15(14)17)9-20-13-6-5-10(8-18)7-12(13)16/h2-7,18H,8-9H2,1H3. The second kappa shape index (κ2) is 6.59. The van der Waals surface area contributed by atoms with E-state index in [2.05, 4.69) is 0 Å². The zero-order chi connectivity index (χ0) is 14.5. The first-order valence-electron chi connectivity index (χ1n) is 5.99. The predicted octanol–water partition coefficient (Wildman–Crippen LogP) is 3.56. The van der Waals surface area contributed by atoms with Gasteiger partial charge in [0, 0.05) is 5.56 Å². The molecule has 3 nitrogen and oxygen atoms in total. The first-order chi connectivity index (χ1) is 9.65. The lowest BCUT2D eigenvalue weighted by Crippen LogP contribution is -2.01. The SMILES string of the molecule is COc1cccc(COc2ccc(CO)cc2Cl)c1F. The minimum Gasteiger partial charge on any atom is -0.494 e. The number of hydrogen-bond donors (Lipinski definition) is 1. The van der Waals surface area contributed by atoms with Crippen molar-refractivity contribution in [3.05, 3.63) is 58.4 Å². The van der Waals surface area contributed by atoms with Gasteiger partial charge in [0.15, 0.2) is 11.6 Å². The van der Waals surface area contributed by atoms with Crippen LogP contribution in [0.15, 0.2) is 36.4 Å². The van der Waals surface area contributed by atoms with E-state index in [1.807, 2.05) is 0 Å². The van der Waals surface area contributed by atoms with Crippen LogP contribution in [0.3, 0.4) is 0 Å². The summed E-state index contributed by atoms with van der Waals surface area (Å²) in [5, 5.41) is 9.37. The summed E-state index contributed by atoms with van der Waals surface area (Å²) in [6.07, 6.45) is 0. The molecule has 0 bridgehead atoms. The molecule has 0 aliphatic carbocycles. The Kier molecular flexibility index (Phi) is 4.82. The molecule has 0 unspecified atom stereocenters. The highest BCUT2D eigenvalue weighted by Gasteiger charge is 2.10. The molecule has 0 aliphatic heterocycles. The van der Waals surface area contributed by atoms with E-state index in [1.165, 1.54) is 7.11 Å². The maximum atomic E-state index is 13.9. The molecule has 0 saturated carbocycles. The molecule has 0 aliphatic rings. The maximum absolute atomic E-state index is 13.9. The van der Waals surface area contributed by atoms with Crippen LogP contribution in [-0.4, -0.2) is 12.2 Å². The van der Waals surface area contributed by atoms with Crippen LogP contribution in [0.4, 0.5) is 4.39 Å². The molecule has 0 atom stereocenters. The average Bonchev–Trinajstić information content (AvgIpc) is 2.47. The van der Waals surface area contributed by atoms with Gasteiger partial charge in [0.25, 0.3) is 0 Å². The Balaban J connectivity index is 2.13. The molecule has 2 rings (SSSR count). The van der Waals surface area contributed by atoms with Crippen LogP contribution in [0.5, 0.6) is 11.5 Å². The van der Waals surface area contributed by atoms with Crippen molar-refractivity contribution in [3.63, 3.8) is 0 Å². The Bertz CT molecular complexity index is 602. The summed E-state index contributed by atoms with van der Waals surface area (Å²) in [7, 11) is 1.41. The maximum Gasteiger partial charge on any atom is 0.171 e. The zero-order valence-electron chi connectivity index (χ0n) is 10.9. The van der Waals surface area contributed by atoms with Crippen molar-refractivity contribution >= 4 is 11.6 Å². The van der Waals surface area contributed by atoms with Gasteiger partial charge in [-0.3, -0.25) is 0 Å². The molecule has 0 aromatic heterocycles. The molecule has 0 spiro atoms. The first-order valence-corrected chi connectivity index (χ1v) is 6.37. The fourth-order valence-electron chi connectivity index (χ4n) is 1.74. The molecular weight excluding hydrogens is 283 g/mol. The lowest BCUT2D eigenvalue weighted by molar-refractivity contribution is 0.280. The van der Waals surface area contributed by atoms with E-state index < -0.39 is 5.82 Å². The van der Waals surface area contributed by atoms with Gasteiger partial charge in [-0.15, -0.1) is 0 Å². The van der Waals surface area contributed by atoms with Crippen LogP contribution in [0.25, 0.3) is 0 Å². The minimum atomic E-state index is -0.446. The number of methoxy groups -OCH3 is 1. The summed E-state index contributed by atoms with van der Waals surface area (Å²) < 4.78 is 24.3. The topological polar surface area (TPSA) is 38.7 Å². The zero-order valence-corrected chi connectivity index (χ0v) is 11.7. The van der Waals surface area contributed by atoms with Crippen molar-refractivity contribution < 1.29 is 19.0 Å². The summed E-state index contributed by atoms with van der Waals surface area (Å²) in [5.74, 6) is 0.164. The molecule has 2 aromatic carbocycles. The van der Waals surface area contributed by atoms with Crippen LogP contribution in [0.1, 0.15) is 11.1 Å². The van der Waals surface area contributed by atoms with Gasteiger partial charge in [0.05, 0.1) is 18.7 Å². The highest BCUT2D eigenvalue weighted by Crippen LogP contribution is 2.27. The molecule has 106 valence electrons. The second-order valence-corrected chi connectivity index (χ2v) is 4.55. The van der Waals surface area contributed by atoms with Crippen molar-refractivity contribution in [2.45, 2.75) is 13.2 Å². The van der Waals surface area contributed by atoms with E-state index in [0.29, 0.717) is 21.9 Å². The summed E-state index contributed by atoms with van der Waals surface area (Å²) in [6, 6.07) is 9.81. The monoisotopic (exact) mass is 296 g/mol. The van der Waals surface area contributed by atoms with E-state index in [1.54, 1.807) is 36.4 Å². The van der Waals surface area contributed by atoms with E-state index in [9.17, 15) is 4.39 Å². The molecule has 2 aromatic rings. The molecule has 0 amide bonds. The van der Waals surface area contributed by atoms with Gasteiger partial charge in [0.2, 0.25) is 0 Å². The van der Waals surface area contributed by atoms with Crippen LogP contribution >= 0.6 is 11.6 Å². The van der Waals surface area contributed by atoms with Gasteiger partial charge < -0.3 is 14.6 Å². The second-order valence-electron chi connectivity index (χ2n) is 4.14. The van der Waals surface area contributed by atoms with Crippen LogP contribution in [0, 0.1) is 5.82 Å². The third kappa shape index (κ3) is 3.21. The fraction of sp³-hybridized carbons (Fsp3) is 0.200. The number of halogens is 2. The number of aliphatic hydroxyl groups is 1. The molecule has 1 N–H and O–H groups in total. The highest BCUT2D eigenvalue weighted by atomic mass is 35.5. The Morgan fingerprint density at radius 2 is 2.00 bits per heavy atom. The Morgan fingerprint density at radius 3 is 2.65 bits per heavy atom. The number of ether oxygens (including phenoxy) is 2. The molecule has 0 saturated heterocycles. The van der Waals surface area contributed by atoms with E-state index in [0.717, 1.165) is 0 Å². The molecular formula is C15H14ClFO3. The van der Waals surface area contributed by atoms with Crippen molar-refractivity contribution in [1.29, 1.82) is 0 Å². The number of benzene rings is 2. The third-order valence-corrected chi connectivity index (χ3v) is 3.12. The smallest absolute Gasteiger partial charge is 0.171 e. The van der Waals surface area contributed by atoms with Gasteiger partial charge in [0.1, 0.15) is 12.4 Å². The van der Waals surface area contributed by atoms with Gasteiger partial charge in [-0.25, -0.2) is 4.39 Å². The Labute approximate surface area is 121 Å². The first kappa shape index (κ1) is 14.6. The van der Waals surface area contributed by atoms with E-state index in [-0.39, 0.29) is 19.0 Å². The van der Waals surface area contributed by atoms with Crippen LogP contribution in [0.2, 0.25) is 5.02 Å². The Morgan fingerprint density at radius 1 is 1.20 bits per heavy atom. The normalized spacial score (nSPS) is 10.4. The predicted molar refractivity (Wildman–Crippen MR) is 74.7 cm³/mol. The Hall–Kier alpha value is -1.78. The van der Waals surface area contributed by atoms with Crippen molar-refractivity contribution in [3.8, 4) is 11.5 Å². The van der Waals surface area contributed by atoms with Gasteiger partial charge in [-0.2, -0.15) is 0 Å². The number of hydrogen-bond acceptors (Lipinski definition) is 3. The molecule has 20 heavy (non-hydrogen) atoms. The highest BCUT2D eigenvalue weighted by molar-refractivity contribution is 6.32. The van der Waals surface area contributed by atoms with Gasteiger partial charge >= 0.3 is 0 Å². The van der Waals surface area contributed by atoms with Gasteiger partial charge in [-0.1, -0.05) is 29.8 Å². The molecule has 0 radical (unpaired) electrons. The largest absolute Gasteiger partial charge is 0.494 e. The van der Waals surface area contributed by atoms with Crippen molar-refractivity contribution in [2.24, 2.45) is 0 Å². The van der Waals surface area contributed by atoms with Gasteiger partial charge in [-0.05, 0) is 23.8 Å². The summed E-state index contributed by atoms with van der Waals surface area (Å²) >= 11 is 6.02. The van der Waals surface area contributed by atoms with E-state index in [4.69, 9.17) is 26.2 Å². The van der Waals surface area contributed by atoms with Crippen molar-refractivity contribution in [1.82, 2.24) is 0 Å². The summed E-state index contributed by atoms with van der Waals surface area (Å²) in [4.78, 5) is 0. The van der Waals surface area contributed by atoms with Crippen molar-refractivity contribution in [2.75, 3.05) is 7.11 Å². The van der Waals surface area contributed by atoms with E-state index >= 15 is 0 Å². The third-order valence-electron chi connectivity index (χ3n) is 2.83.